The van der Waals surface area contributed by atoms with E-state index < -0.39 is 11.7 Å². The maximum atomic E-state index is 12.5. The summed E-state index contributed by atoms with van der Waals surface area (Å²) in [6.45, 7) is -0.201. The molecule has 0 aliphatic carbocycles. The van der Waals surface area contributed by atoms with Gasteiger partial charge in [0.2, 0.25) is 0 Å². The van der Waals surface area contributed by atoms with Crippen molar-refractivity contribution in [3.63, 3.8) is 0 Å². The molecule has 1 aromatic heterocycles. The van der Waals surface area contributed by atoms with Crippen molar-refractivity contribution in [2.45, 2.75) is 12.6 Å². The molecule has 0 bridgehead atoms. The van der Waals surface area contributed by atoms with Crippen molar-refractivity contribution < 1.29 is 18.3 Å². The Kier molecular flexibility index (Phi) is 4.16. The van der Waals surface area contributed by atoms with Crippen molar-refractivity contribution in [3.8, 4) is 11.8 Å². The fourth-order valence-corrected chi connectivity index (χ4v) is 1.13. The Morgan fingerprint density at radius 1 is 1.44 bits per heavy atom. The number of nitrogens with zero attached hydrogens (tertiary/aromatic N) is 1. The molecule has 0 saturated heterocycles. The minimum atomic E-state index is -4.51. The lowest BCUT2D eigenvalue weighted by molar-refractivity contribution is -0.138. The fourth-order valence-electron chi connectivity index (χ4n) is 0.973. The molecule has 16 heavy (non-hydrogen) atoms. The minimum Gasteiger partial charge on any atom is -0.395 e. The van der Waals surface area contributed by atoms with Crippen LogP contribution in [0.5, 0.6) is 0 Å². The second-order valence-corrected chi connectivity index (χ2v) is 3.21. The molecule has 2 nitrogen and oxygen atoms in total. The second kappa shape index (κ2) is 5.19. The summed E-state index contributed by atoms with van der Waals surface area (Å²) in [6.07, 6.45) is -3.76. The van der Waals surface area contributed by atoms with Crippen molar-refractivity contribution in [2.24, 2.45) is 0 Å². The van der Waals surface area contributed by atoms with E-state index in [1.807, 2.05) is 0 Å². The van der Waals surface area contributed by atoms with Crippen LogP contribution in [0.1, 0.15) is 17.5 Å². The van der Waals surface area contributed by atoms with Crippen LogP contribution in [0.2, 0.25) is 5.15 Å². The van der Waals surface area contributed by atoms with Crippen molar-refractivity contribution >= 4 is 11.6 Å². The summed E-state index contributed by atoms with van der Waals surface area (Å²) in [4.78, 5) is 3.36. The molecule has 86 valence electrons. The highest BCUT2D eigenvalue weighted by Crippen LogP contribution is 2.31. The van der Waals surface area contributed by atoms with E-state index >= 15 is 0 Å². The average molecular weight is 250 g/mol. The van der Waals surface area contributed by atoms with Gasteiger partial charge >= 0.3 is 6.18 Å². The molecule has 0 unspecified atom stereocenters. The molecule has 1 heterocycles. The van der Waals surface area contributed by atoms with Crippen LogP contribution in [0.25, 0.3) is 0 Å². The molecule has 0 saturated carbocycles. The van der Waals surface area contributed by atoms with Crippen LogP contribution in [0.15, 0.2) is 12.3 Å². The van der Waals surface area contributed by atoms with E-state index in [4.69, 9.17) is 16.7 Å². The number of hydrogen-bond acceptors (Lipinski definition) is 2. The standard InChI is InChI=1S/C10H7ClF3NO/c11-9-5-7(3-1-2-4-16)8(6-15-9)10(12,13)14/h5-6,16H,2,4H2. The summed E-state index contributed by atoms with van der Waals surface area (Å²) in [5, 5.41) is 8.41. The van der Waals surface area contributed by atoms with Crippen molar-refractivity contribution in [1.82, 2.24) is 4.98 Å². The van der Waals surface area contributed by atoms with Crippen LogP contribution < -0.4 is 0 Å². The van der Waals surface area contributed by atoms with Crippen LogP contribution in [-0.2, 0) is 6.18 Å². The Morgan fingerprint density at radius 3 is 2.69 bits per heavy atom. The lowest BCUT2D eigenvalue weighted by Crippen LogP contribution is -2.08. The average Bonchev–Trinajstić information content (AvgIpc) is 2.16. The lowest BCUT2D eigenvalue weighted by Gasteiger charge is -2.08. The zero-order valence-electron chi connectivity index (χ0n) is 7.98. The Morgan fingerprint density at radius 2 is 2.12 bits per heavy atom. The van der Waals surface area contributed by atoms with E-state index in [1.54, 1.807) is 0 Å². The van der Waals surface area contributed by atoms with Gasteiger partial charge in [0, 0.05) is 18.2 Å². The maximum Gasteiger partial charge on any atom is 0.419 e. The van der Waals surface area contributed by atoms with Gasteiger partial charge in [-0.3, -0.25) is 0 Å². The lowest BCUT2D eigenvalue weighted by atomic mass is 10.1. The highest BCUT2D eigenvalue weighted by atomic mass is 35.5. The van der Waals surface area contributed by atoms with Crippen LogP contribution >= 0.6 is 11.6 Å². The number of rotatable bonds is 1. The van der Waals surface area contributed by atoms with E-state index in [-0.39, 0.29) is 23.7 Å². The molecule has 1 rings (SSSR count). The zero-order valence-corrected chi connectivity index (χ0v) is 8.73. The van der Waals surface area contributed by atoms with E-state index in [0.29, 0.717) is 6.20 Å². The van der Waals surface area contributed by atoms with Gasteiger partial charge in [0.1, 0.15) is 5.15 Å². The second-order valence-electron chi connectivity index (χ2n) is 2.83. The number of aliphatic hydroxyl groups excluding tert-OH is 1. The fraction of sp³-hybridized carbons (Fsp3) is 0.300. The third-order valence-corrected chi connectivity index (χ3v) is 1.84. The van der Waals surface area contributed by atoms with Gasteiger partial charge in [-0.1, -0.05) is 23.4 Å². The Labute approximate surface area is 95.1 Å². The number of alkyl halides is 3. The molecule has 0 spiro atoms. The summed E-state index contributed by atoms with van der Waals surface area (Å²) in [5.41, 5.74) is -1.16. The first-order valence-electron chi connectivity index (χ1n) is 4.27. The van der Waals surface area contributed by atoms with Crippen LogP contribution in [0.3, 0.4) is 0 Å². The molecule has 0 radical (unpaired) electrons. The van der Waals surface area contributed by atoms with Crippen LogP contribution in [0, 0.1) is 11.8 Å². The van der Waals surface area contributed by atoms with Crippen LogP contribution in [-0.4, -0.2) is 16.7 Å². The van der Waals surface area contributed by atoms with Gasteiger partial charge in [-0.15, -0.1) is 0 Å². The number of pyridine rings is 1. The number of aliphatic hydroxyl groups is 1. The smallest absolute Gasteiger partial charge is 0.395 e. The summed E-state index contributed by atoms with van der Waals surface area (Å²) >= 11 is 5.48. The van der Waals surface area contributed by atoms with Gasteiger partial charge in [0.05, 0.1) is 12.2 Å². The molecule has 0 aliphatic rings. The quantitative estimate of drug-likeness (QED) is 0.613. The number of aromatic nitrogens is 1. The highest BCUT2D eigenvalue weighted by Gasteiger charge is 2.33. The molecule has 6 heteroatoms. The Bertz CT molecular complexity index is 434. The molecule has 0 amide bonds. The molecule has 1 aromatic rings. The first kappa shape index (κ1) is 12.8. The predicted octanol–water partition coefficient (Wildman–Crippen LogP) is 2.49. The molecule has 0 atom stereocenters. The van der Waals surface area contributed by atoms with E-state index in [0.717, 1.165) is 6.07 Å². The van der Waals surface area contributed by atoms with E-state index in [2.05, 4.69) is 16.8 Å². The Balaban J connectivity index is 3.15. The normalized spacial score (nSPS) is 10.8. The third-order valence-electron chi connectivity index (χ3n) is 1.64. The van der Waals surface area contributed by atoms with Gasteiger partial charge < -0.3 is 5.11 Å². The SMILES string of the molecule is OCCC#Cc1cc(Cl)ncc1C(F)(F)F. The van der Waals surface area contributed by atoms with Gasteiger partial charge in [0.15, 0.2) is 0 Å². The number of halogens is 4. The molecule has 0 fully saturated rings. The molecular weight excluding hydrogens is 243 g/mol. The van der Waals surface area contributed by atoms with E-state index in [1.165, 1.54) is 0 Å². The molecule has 0 aromatic carbocycles. The first-order valence-corrected chi connectivity index (χ1v) is 4.65. The predicted molar refractivity (Wildman–Crippen MR) is 52.8 cm³/mol. The summed E-state index contributed by atoms with van der Waals surface area (Å²) < 4.78 is 37.5. The summed E-state index contributed by atoms with van der Waals surface area (Å²) in [6, 6.07) is 1.05. The molecule has 0 aliphatic heterocycles. The van der Waals surface area contributed by atoms with Crippen molar-refractivity contribution in [2.75, 3.05) is 6.61 Å². The van der Waals surface area contributed by atoms with Gasteiger partial charge in [-0.25, -0.2) is 4.98 Å². The third kappa shape index (κ3) is 3.40. The van der Waals surface area contributed by atoms with Crippen molar-refractivity contribution in [3.05, 3.63) is 28.5 Å². The molecule has 1 N–H and O–H groups in total. The molecular formula is C10H7ClF3NO. The topological polar surface area (TPSA) is 33.1 Å². The summed E-state index contributed by atoms with van der Waals surface area (Å²) in [7, 11) is 0. The zero-order chi connectivity index (χ0) is 12.2. The van der Waals surface area contributed by atoms with Crippen LogP contribution in [0.4, 0.5) is 13.2 Å². The van der Waals surface area contributed by atoms with Gasteiger partial charge in [0.25, 0.3) is 0 Å². The number of hydrogen-bond donors (Lipinski definition) is 1. The maximum absolute atomic E-state index is 12.5. The largest absolute Gasteiger partial charge is 0.419 e. The van der Waals surface area contributed by atoms with Crippen molar-refractivity contribution in [1.29, 1.82) is 0 Å². The first-order chi connectivity index (χ1) is 7.45. The monoisotopic (exact) mass is 249 g/mol. The van der Waals surface area contributed by atoms with E-state index in [9.17, 15) is 13.2 Å². The highest BCUT2D eigenvalue weighted by molar-refractivity contribution is 6.29. The van der Waals surface area contributed by atoms with Gasteiger partial charge in [-0.2, -0.15) is 13.2 Å². The summed E-state index contributed by atoms with van der Waals surface area (Å²) in [5.74, 6) is 4.71. The minimum absolute atomic E-state index is 0.0544. The Hall–Kier alpha value is -1.25. The van der Waals surface area contributed by atoms with Gasteiger partial charge in [-0.05, 0) is 6.07 Å².